The molecule has 0 spiro atoms. The van der Waals surface area contributed by atoms with Gasteiger partial charge in [0.15, 0.2) is 0 Å². The summed E-state index contributed by atoms with van der Waals surface area (Å²) in [7, 11) is 0. The van der Waals surface area contributed by atoms with Crippen LogP contribution in [0.1, 0.15) is 36.0 Å². The SMILES string of the molecule is CCCc1nc2c(c(=O)[nH]1)CN(Cc1ccccc1SC)CC2. The molecule has 0 fully saturated rings. The van der Waals surface area contributed by atoms with Gasteiger partial charge in [-0.1, -0.05) is 25.1 Å². The lowest BCUT2D eigenvalue weighted by atomic mass is 10.1. The van der Waals surface area contributed by atoms with Gasteiger partial charge in [0.05, 0.1) is 11.3 Å². The molecule has 0 atom stereocenters. The van der Waals surface area contributed by atoms with Crippen molar-refractivity contribution in [3.63, 3.8) is 0 Å². The smallest absolute Gasteiger partial charge is 0.255 e. The molecule has 0 amide bonds. The minimum Gasteiger partial charge on any atom is -0.310 e. The van der Waals surface area contributed by atoms with Gasteiger partial charge in [0, 0.05) is 37.4 Å². The van der Waals surface area contributed by atoms with Crippen molar-refractivity contribution in [2.75, 3.05) is 12.8 Å². The van der Waals surface area contributed by atoms with E-state index < -0.39 is 0 Å². The van der Waals surface area contributed by atoms with Gasteiger partial charge in [-0.3, -0.25) is 9.69 Å². The number of benzene rings is 1. The van der Waals surface area contributed by atoms with Crippen LogP contribution in [-0.4, -0.2) is 27.7 Å². The molecular weight excluding hydrogens is 306 g/mol. The number of hydrogen-bond acceptors (Lipinski definition) is 4. The number of thioether (sulfide) groups is 1. The average molecular weight is 329 g/mol. The van der Waals surface area contributed by atoms with E-state index in [0.29, 0.717) is 6.54 Å². The Morgan fingerprint density at radius 1 is 1.35 bits per heavy atom. The Morgan fingerprint density at radius 2 is 2.17 bits per heavy atom. The Bertz CT molecular complexity index is 741. The molecule has 0 saturated heterocycles. The fraction of sp³-hybridized carbons (Fsp3) is 0.444. The number of nitrogens with zero attached hydrogens (tertiary/aromatic N) is 2. The summed E-state index contributed by atoms with van der Waals surface area (Å²) < 4.78 is 0. The number of aromatic nitrogens is 2. The molecule has 3 rings (SSSR count). The van der Waals surface area contributed by atoms with Gasteiger partial charge in [-0.2, -0.15) is 0 Å². The summed E-state index contributed by atoms with van der Waals surface area (Å²) in [6, 6.07) is 8.49. The highest BCUT2D eigenvalue weighted by Crippen LogP contribution is 2.23. The summed E-state index contributed by atoms with van der Waals surface area (Å²) in [6.07, 6.45) is 4.80. The maximum absolute atomic E-state index is 12.4. The van der Waals surface area contributed by atoms with Gasteiger partial charge in [0.25, 0.3) is 5.56 Å². The Balaban J connectivity index is 1.79. The normalized spacial score (nSPS) is 14.7. The number of aryl methyl sites for hydroxylation is 1. The quantitative estimate of drug-likeness (QED) is 0.857. The van der Waals surface area contributed by atoms with E-state index in [1.807, 2.05) is 0 Å². The van der Waals surface area contributed by atoms with Crippen molar-refractivity contribution in [3.8, 4) is 0 Å². The first-order valence-corrected chi connectivity index (χ1v) is 9.39. The second-order valence-electron chi connectivity index (χ2n) is 5.96. The highest BCUT2D eigenvalue weighted by molar-refractivity contribution is 7.98. The van der Waals surface area contributed by atoms with Crippen LogP contribution in [0, 0.1) is 0 Å². The molecule has 0 radical (unpaired) electrons. The average Bonchev–Trinajstić information content (AvgIpc) is 2.56. The van der Waals surface area contributed by atoms with Crippen LogP contribution in [0.15, 0.2) is 34.0 Å². The van der Waals surface area contributed by atoms with Crippen LogP contribution in [0.5, 0.6) is 0 Å². The number of H-pyrrole nitrogens is 1. The molecule has 2 heterocycles. The van der Waals surface area contributed by atoms with Crippen molar-refractivity contribution in [2.24, 2.45) is 0 Å². The van der Waals surface area contributed by atoms with Crippen LogP contribution in [0.3, 0.4) is 0 Å². The maximum Gasteiger partial charge on any atom is 0.255 e. The van der Waals surface area contributed by atoms with Crippen molar-refractivity contribution >= 4 is 11.8 Å². The summed E-state index contributed by atoms with van der Waals surface area (Å²) in [5.41, 5.74) is 3.21. The number of nitrogens with one attached hydrogen (secondary N) is 1. The number of fused-ring (bicyclic) bond motifs is 1. The van der Waals surface area contributed by atoms with Gasteiger partial charge >= 0.3 is 0 Å². The molecule has 122 valence electrons. The van der Waals surface area contributed by atoms with E-state index in [2.05, 4.69) is 52.3 Å². The molecule has 0 unspecified atom stereocenters. The molecule has 1 aromatic carbocycles. The lowest BCUT2D eigenvalue weighted by Crippen LogP contribution is -2.35. The molecule has 0 bridgehead atoms. The Morgan fingerprint density at radius 3 is 2.96 bits per heavy atom. The molecule has 1 aliphatic heterocycles. The van der Waals surface area contributed by atoms with Gasteiger partial charge < -0.3 is 4.98 Å². The van der Waals surface area contributed by atoms with Gasteiger partial charge in [-0.25, -0.2) is 4.98 Å². The van der Waals surface area contributed by atoms with Gasteiger partial charge in [0.2, 0.25) is 0 Å². The Labute approximate surface area is 141 Å². The Kier molecular flexibility index (Phi) is 5.18. The van der Waals surface area contributed by atoms with Crippen LogP contribution in [0.4, 0.5) is 0 Å². The zero-order valence-corrected chi connectivity index (χ0v) is 14.6. The molecule has 0 aliphatic carbocycles. The third kappa shape index (κ3) is 3.67. The first kappa shape index (κ1) is 16.3. The molecule has 0 saturated carbocycles. The van der Waals surface area contributed by atoms with E-state index in [1.54, 1.807) is 11.8 Å². The fourth-order valence-corrected chi connectivity index (χ4v) is 3.71. The van der Waals surface area contributed by atoms with E-state index in [0.717, 1.165) is 49.4 Å². The molecule has 1 aliphatic rings. The van der Waals surface area contributed by atoms with Gasteiger partial charge in [-0.05, 0) is 24.3 Å². The Hall–Kier alpha value is -1.59. The van der Waals surface area contributed by atoms with Crippen molar-refractivity contribution < 1.29 is 0 Å². The zero-order valence-electron chi connectivity index (χ0n) is 13.8. The molecule has 1 aromatic heterocycles. The van der Waals surface area contributed by atoms with Crippen molar-refractivity contribution in [3.05, 3.63) is 57.3 Å². The number of rotatable bonds is 5. The van der Waals surface area contributed by atoms with Crippen molar-refractivity contribution in [1.82, 2.24) is 14.9 Å². The van der Waals surface area contributed by atoms with E-state index in [-0.39, 0.29) is 5.56 Å². The lowest BCUT2D eigenvalue weighted by Gasteiger charge is -2.28. The first-order valence-electron chi connectivity index (χ1n) is 8.16. The maximum atomic E-state index is 12.4. The van der Waals surface area contributed by atoms with Gasteiger partial charge in [-0.15, -0.1) is 11.8 Å². The minimum atomic E-state index is 0.0429. The number of hydrogen-bond donors (Lipinski definition) is 1. The van der Waals surface area contributed by atoms with E-state index >= 15 is 0 Å². The van der Waals surface area contributed by atoms with Crippen molar-refractivity contribution in [2.45, 2.75) is 44.2 Å². The van der Waals surface area contributed by atoms with Crippen LogP contribution in [-0.2, 0) is 25.9 Å². The monoisotopic (exact) mass is 329 g/mol. The summed E-state index contributed by atoms with van der Waals surface area (Å²) in [6.45, 7) is 4.63. The summed E-state index contributed by atoms with van der Waals surface area (Å²) in [5.74, 6) is 0.831. The van der Waals surface area contributed by atoms with Gasteiger partial charge in [0.1, 0.15) is 5.82 Å². The molecule has 23 heavy (non-hydrogen) atoms. The van der Waals surface area contributed by atoms with Crippen molar-refractivity contribution in [1.29, 1.82) is 0 Å². The minimum absolute atomic E-state index is 0.0429. The van der Waals surface area contributed by atoms with Crippen LogP contribution >= 0.6 is 11.8 Å². The highest BCUT2D eigenvalue weighted by Gasteiger charge is 2.21. The van der Waals surface area contributed by atoms with Crippen LogP contribution in [0.25, 0.3) is 0 Å². The largest absolute Gasteiger partial charge is 0.310 e. The predicted molar refractivity (Wildman–Crippen MR) is 94.9 cm³/mol. The number of aromatic amines is 1. The van der Waals surface area contributed by atoms with Crippen LogP contribution in [0.2, 0.25) is 0 Å². The van der Waals surface area contributed by atoms with E-state index in [1.165, 1.54) is 10.5 Å². The first-order chi connectivity index (χ1) is 11.2. The second kappa shape index (κ2) is 7.32. The fourth-order valence-electron chi connectivity index (χ4n) is 3.10. The van der Waals surface area contributed by atoms with E-state index in [4.69, 9.17) is 0 Å². The molecule has 5 heteroatoms. The standard InChI is InChI=1S/C18H23N3OS/c1-3-6-17-19-15-9-10-21(12-14(15)18(22)20-17)11-13-7-4-5-8-16(13)23-2/h4-5,7-8H,3,6,9-12H2,1-2H3,(H,19,20,22). The summed E-state index contributed by atoms with van der Waals surface area (Å²) in [4.78, 5) is 23.6. The molecule has 4 nitrogen and oxygen atoms in total. The summed E-state index contributed by atoms with van der Waals surface area (Å²) in [5, 5.41) is 0. The van der Waals surface area contributed by atoms with E-state index in [9.17, 15) is 4.79 Å². The summed E-state index contributed by atoms with van der Waals surface area (Å²) >= 11 is 1.77. The third-order valence-corrected chi connectivity index (χ3v) is 5.11. The molecule has 2 aromatic rings. The molecule has 1 N–H and O–H groups in total. The zero-order chi connectivity index (χ0) is 16.2. The third-order valence-electron chi connectivity index (χ3n) is 4.27. The predicted octanol–water partition coefficient (Wildman–Crippen LogP) is 3.00. The molecular formula is C18H23N3OS. The topological polar surface area (TPSA) is 49.0 Å². The lowest BCUT2D eigenvalue weighted by molar-refractivity contribution is 0.239. The highest BCUT2D eigenvalue weighted by atomic mass is 32.2. The van der Waals surface area contributed by atoms with Crippen LogP contribution < -0.4 is 5.56 Å². The second-order valence-corrected chi connectivity index (χ2v) is 6.81.